The predicted molar refractivity (Wildman–Crippen MR) is 81.8 cm³/mol. The average molecular weight is 258 g/mol. The lowest BCUT2D eigenvalue weighted by Gasteiger charge is -2.45. The van der Waals surface area contributed by atoms with Gasteiger partial charge in [-0.3, -0.25) is 0 Å². The quantitative estimate of drug-likeness (QED) is 0.876. The van der Waals surface area contributed by atoms with Crippen molar-refractivity contribution < 1.29 is 0 Å². The van der Waals surface area contributed by atoms with Gasteiger partial charge in [-0.2, -0.15) is 0 Å². The Morgan fingerprint density at radius 2 is 1.63 bits per heavy atom. The van der Waals surface area contributed by atoms with Crippen LogP contribution in [0.25, 0.3) is 0 Å². The van der Waals surface area contributed by atoms with E-state index in [0.717, 1.165) is 6.42 Å². The van der Waals surface area contributed by atoms with Crippen LogP contribution in [0.4, 0.5) is 5.69 Å². The second-order valence-electron chi connectivity index (χ2n) is 6.26. The first-order valence-electron chi connectivity index (χ1n) is 7.86. The number of benzene rings is 1. The van der Waals surface area contributed by atoms with E-state index in [0.29, 0.717) is 5.41 Å². The molecule has 1 aromatic rings. The molecule has 2 aliphatic heterocycles. The molecule has 0 atom stereocenters. The molecule has 0 radical (unpaired) electrons. The monoisotopic (exact) mass is 258 g/mol. The number of hydrogen-bond acceptors (Lipinski definition) is 2. The van der Waals surface area contributed by atoms with E-state index < -0.39 is 0 Å². The van der Waals surface area contributed by atoms with Crippen molar-refractivity contribution in [2.75, 3.05) is 31.1 Å². The van der Waals surface area contributed by atoms with Gasteiger partial charge >= 0.3 is 0 Å². The number of anilines is 1. The van der Waals surface area contributed by atoms with Crippen LogP contribution in [-0.2, 0) is 6.42 Å². The van der Waals surface area contributed by atoms with Crippen LogP contribution in [0.5, 0.6) is 0 Å². The number of nitrogens with zero attached hydrogens (tertiary/aromatic N) is 1. The fraction of sp³-hybridized carbons (Fsp3) is 0.647. The van der Waals surface area contributed by atoms with Gasteiger partial charge < -0.3 is 10.2 Å². The Labute approximate surface area is 117 Å². The molecule has 0 aliphatic carbocycles. The number of hydrogen-bond donors (Lipinski definition) is 1. The van der Waals surface area contributed by atoms with Gasteiger partial charge in [0.05, 0.1) is 0 Å². The van der Waals surface area contributed by atoms with Crippen LogP contribution in [0.1, 0.15) is 38.2 Å². The third kappa shape index (κ3) is 2.79. The maximum Gasteiger partial charge on any atom is 0.0366 e. The van der Waals surface area contributed by atoms with E-state index in [9.17, 15) is 0 Å². The molecule has 2 heterocycles. The normalized spacial score (nSPS) is 22.7. The van der Waals surface area contributed by atoms with Crippen molar-refractivity contribution in [3.05, 3.63) is 29.8 Å². The van der Waals surface area contributed by atoms with Crippen molar-refractivity contribution in [3.8, 4) is 0 Å². The van der Waals surface area contributed by atoms with E-state index in [-0.39, 0.29) is 0 Å². The molecule has 1 spiro atoms. The van der Waals surface area contributed by atoms with Crippen LogP contribution in [0.15, 0.2) is 24.3 Å². The Morgan fingerprint density at radius 3 is 2.21 bits per heavy atom. The summed E-state index contributed by atoms with van der Waals surface area (Å²) in [7, 11) is 0. The van der Waals surface area contributed by atoms with E-state index in [1.165, 1.54) is 63.1 Å². The minimum Gasteiger partial charge on any atom is -0.371 e. The van der Waals surface area contributed by atoms with Crippen molar-refractivity contribution in [3.63, 3.8) is 0 Å². The highest BCUT2D eigenvalue weighted by Gasteiger charge is 2.35. The lowest BCUT2D eigenvalue weighted by Crippen LogP contribution is -2.45. The first-order valence-corrected chi connectivity index (χ1v) is 7.86. The second-order valence-corrected chi connectivity index (χ2v) is 6.26. The summed E-state index contributed by atoms with van der Waals surface area (Å²) < 4.78 is 0. The van der Waals surface area contributed by atoms with E-state index in [2.05, 4.69) is 41.4 Å². The van der Waals surface area contributed by atoms with Crippen LogP contribution < -0.4 is 10.2 Å². The highest BCUT2D eigenvalue weighted by Crippen LogP contribution is 2.40. The molecule has 0 amide bonds. The van der Waals surface area contributed by atoms with Gasteiger partial charge in [0, 0.05) is 18.8 Å². The summed E-state index contributed by atoms with van der Waals surface area (Å²) in [6.45, 7) is 7.16. The van der Waals surface area contributed by atoms with E-state index in [4.69, 9.17) is 0 Å². The lowest BCUT2D eigenvalue weighted by molar-refractivity contribution is 0.155. The molecule has 0 unspecified atom stereocenters. The van der Waals surface area contributed by atoms with E-state index >= 15 is 0 Å². The van der Waals surface area contributed by atoms with Crippen molar-refractivity contribution >= 4 is 5.69 Å². The fourth-order valence-electron chi connectivity index (χ4n) is 3.64. The molecule has 1 aromatic carbocycles. The number of nitrogens with one attached hydrogen (secondary N) is 1. The van der Waals surface area contributed by atoms with Crippen molar-refractivity contribution in [1.82, 2.24) is 5.32 Å². The Kier molecular flexibility index (Phi) is 3.79. The number of rotatable bonds is 2. The van der Waals surface area contributed by atoms with E-state index in [1.807, 2.05) is 0 Å². The Morgan fingerprint density at radius 1 is 1.00 bits per heavy atom. The molecule has 0 saturated carbocycles. The smallest absolute Gasteiger partial charge is 0.0366 e. The lowest BCUT2D eigenvalue weighted by atomic mass is 9.71. The van der Waals surface area contributed by atoms with Gasteiger partial charge in [-0.05, 0) is 68.3 Å². The molecule has 1 N–H and O–H groups in total. The van der Waals surface area contributed by atoms with Crippen LogP contribution >= 0.6 is 0 Å². The molecular formula is C17H26N2. The van der Waals surface area contributed by atoms with Gasteiger partial charge in [-0.25, -0.2) is 0 Å². The first kappa shape index (κ1) is 13.0. The molecule has 2 saturated heterocycles. The first-order chi connectivity index (χ1) is 9.31. The third-order valence-electron chi connectivity index (χ3n) is 5.20. The zero-order chi connectivity index (χ0) is 13.1. The Balaban J connectivity index is 1.62. The van der Waals surface area contributed by atoms with Gasteiger partial charge in [0.2, 0.25) is 0 Å². The summed E-state index contributed by atoms with van der Waals surface area (Å²) in [4.78, 5) is 2.58. The molecule has 19 heavy (non-hydrogen) atoms. The summed E-state index contributed by atoms with van der Waals surface area (Å²) in [5.74, 6) is 0. The zero-order valence-electron chi connectivity index (χ0n) is 12.1. The van der Waals surface area contributed by atoms with Crippen LogP contribution in [0, 0.1) is 5.41 Å². The number of piperidine rings is 2. The zero-order valence-corrected chi connectivity index (χ0v) is 12.1. The minimum atomic E-state index is 0.658. The van der Waals surface area contributed by atoms with Gasteiger partial charge in [0.25, 0.3) is 0 Å². The molecule has 2 fully saturated rings. The van der Waals surface area contributed by atoms with Crippen LogP contribution in [0.3, 0.4) is 0 Å². The SMILES string of the molecule is CCc1ccc(N2CCC3(CCNCC3)CC2)cc1. The summed E-state index contributed by atoms with van der Waals surface area (Å²) in [6, 6.07) is 9.17. The molecule has 0 aromatic heterocycles. The Bertz CT molecular complexity index is 394. The summed E-state index contributed by atoms with van der Waals surface area (Å²) in [5, 5.41) is 3.50. The van der Waals surface area contributed by atoms with Crippen molar-refractivity contribution in [1.29, 1.82) is 0 Å². The second kappa shape index (κ2) is 5.54. The van der Waals surface area contributed by atoms with Gasteiger partial charge in [0.15, 0.2) is 0 Å². The molecule has 3 rings (SSSR count). The topological polar surface area (TPSA) is 15.3 Å². The minimum absolute atomic E-state index is 0.658. The highest BCUT2D eigenvalue weighted by atomic mass is 15.1. The maximum atomic E-state index is 3.50. The largest absolute Gasteiger partial charge is 0.371 e. The molecule has 0 bridgehead atoms. The van der Waals surface area contributed by atoms with Crippen molar-refractivity contribution in [2.45, 2.75) is 39.0 Å². The average Bonchev–Trinajstić information content (AvgIpc) is 2.49. The standard InChI is InChI=1S/C17H26N2/c1-2-15-3-5-16(6-4-15)19-13-9-17(10-14-19)7-11-18-12-8-17/h3-6,18H,2,7-14H2,1H3. The predicted octanol–water partition coefficient (Wildman–Crippen LogP) is 3.22. The van der Waals surface area contributed by atoms with Crippen molar-refractivity contribution in [2.24, 2.45) is 5.41 Å². The fourth-order valence-corrected chi connectivity index (χ4v) is 3.64. The molecule has 104 valence electrons. The maximum absolute atomic E-state index is 3.50. The molecule has 2 aliphatic rings. The molecular weight excluding hydrogens is 232 g/mol. The summed E-state index contributed by atoms with van der Waals surface area (Å²) in [5.41, 5.74) is 3.52. The number of aryl methyl sites for hydroxylation is 1. The van der Waals surface area contributed by atoms with E-state index in [1.54, 1.807) is 0 Å². The van der Waals surface area contributed by atoms with Crippen LogP contribution in [-0.4, -0.2) is 26.2 Å². The highest BCUT2D eigenvalue weighted by molar-refractivity contribution is 5.48. The summed E-state index contributed by atoms with van der Waals surface area (Å²) in [6.07, 6.45) is 6.66. The van der Waals surface area contributed by atoms with Gasteiger partial charge in [0.1, 0.15) is 0 Å². The van der Waals surface area contributed by atoms with Gasteiger partial charge in [-0.1, -0.05) is 19.1 Å². The third-order valence-corrected chi connectivity index (χ3v) is 5.20. The summed E-state index contributed by atoms with van der Waals surface area (Å²) >= 11 is 0. The molecule has 2 heteroatoms. The van der Waals surface area contributed by atoms with Gasteiger partial charge in [-0.15, -0.1) is 0 Å². The van der Waals surface area contributed by atoms with Crippen LogP contribution in [0.2, 0.25) is 0 Å². The molecule has 2 nitrogen and oxygen atoms in total. The Hall–Kier alpha value is -1.02.